The van der Waals surface area contributed by atoms with Gasteiger partial charge in [0.05, 0.1) is 25.8 Å². The summed E-state index contributed by atoms with van der Waals surface area (Å²) in [6.07, 6.45) is -3.37. The van der Waals surface area contributed by atoms with E-state index in [-0.39, 0.29) is 62.3 Å². The number of nitrogens with one attached hydrogen (secondary N) is 2. The van der Waals surface area contributed by atoms with E-state index < -0.39 is 54.6 Å². The van der Waals surface area contributed by atoms with Gasteiger partial charge in [0.15, 0.2) is 11.3 Å². The minimum absolute atomic E-state index is 0.0312. The Bertz CT molecular complexity index is 1560. The monoisotopic (exact) mass is 624 g/mol. The zero-order valence-corrected chi connectivity index (χ0v) is 23.3. The first-order valence-corrected chi connectivity index (χ1v) is 14.6. The van der Waals surface area contributed by atoms with Gasteiger partial charge < -0.3 is 24.7 Å². The Labute approximate surface area is 246 Å². The lowest BCUT2D eigenvalue weighted by atomic mass is 9.82. The highest BCUT2D eigenvalue weighted by molar-refractivity contribution is 5.93. The summed E-state index contributed by atoms with van der Waals surface area (Å²) in [5.74, 6) is -3.85. The third kappa shape index (κ3) is 5.48. The topological polar surface area (TPSA) is 136 Å². The molecule has 2 aliphatic carbocycles. The number of halogens is 5. The molecule has 0 unspecified atom stereocenters. The third-order valence-electron chi connectivity index (χ3n) is 9.03. The van der Waals surface area contributed by atoms with Crippen LogP contribution >= 0.6 is 0 Å². The number of carbonyl (C=O) groups is 2. The number of benzene rings is 1. The van der Waals surface area contributed by atoms with E-state index in [4.69, 9.17) is 13.8 Å². The van der Waals surface area contributed by atoms with E-state index in [1.165, 1.54) is 4.90 Å². The van der Waals surface area contributed by atoms with E-state index in [0.29, 0.717) is 22.4 Å². The molecule has 2 aromatic heterocycles. The number of alkyl halides is 5. The highest BCUT2D eigenvalue weighted by atomic mass is 19.4. The SMILES string of the molecule is O=C(N[C@H](c1nc2cc([C@@H](C3COC3)N3C[C@@H](C(F)(F)F)NC3=O)ccc2o1)C1CCC(F)(F)CC1)c1nonc1C1CC1. The van der Waals surface area contributed by atoms with Crippen LogP contribution < -0.4 is 10.6 Å². The molecule has 16 heteroatoms. The van der Waals surface area contributed by atoms with Crippen LogP contribution in [0.5, 0.6) is 0 Å². The number of oxazole rings is 1. The molecule has 4 heterocycles. The summed E-state index contributed by atoms with van der Waals surface area (Å²) in [5.41, 5.74) is 1.70. The molecule has 7 rings (SSSR count). The molecule has 44 heavy (non-hydrogen) atoms. The minimum atomic E-state index is -4.60. The van der Waals surface area contributed by atoms with Crippen molar-refractivity contribution in [2.75, 3.05) is 19.8 Å². The maximum absolute atomic E-state index is 14.0. The van der Waals surface area contributed by atoms with Crippen LogP contribution in [0.3, 0.4) is 0 Å². The van der Waals surface area contributed by atoms with Gasteiger partial charge in [-0.1, -0.05) is 11.2 Å². The second kappa shape index (κ2) is 10.7. The van der Waals surface area contributed by atoms with E-state index in [0.717, 1.165) is 12.8 Å². The molecule has 2 N–H and O–H groups in total. The number of amides is 3. The Morgan fingerprint density at radius 1 is 1.09 bits per heavy atom. The number of rotatable bonds is 8. The highest BCUT2D eigenvalue weighted by Crippen LogP contribution is 2.44. The predicted molar refractivity (Wildman–Crippen MR) is 140 cm³/mol. The van der Waals surface area contributed by atoms with Crippen molar-refractivity contribution in [3.8, 4) is 0 Å². The first-order chi connectivity index (χ1) is 21.0. The Balaban J connectivity index is 1.19. The lowest BCUT2D eigenvalue weighted by Crippen LogP contribution is -2.44. The first kappa shape index (κ1) is 28.9. The van der Waals surface area contributed by atoms with Gasteiger partial charge in [0, 0.05) is 24.7 Å². The Morgan fingerprint density at radius 3 is 2.48 bits per heavy atom. The normalized spacial score (nSPS) is 24.2. The first-order valence-electron chi connectivity index (χ1n) is 14.6. The molecule has 1 aromatic carbocycles. The average molecular weight is 625 g/mol. The number of hydrogen-bond donors (Lipinski definition) is 2. The van der Waals surface area contributed by atoms with Crippen molar-refractivity contribution in [3.05, 3.63) is 41.0 Å². The molecule has 11 nitrogen and oxygen atoms in total. The molecule has 3 amide bonds. The van der Waals surface area contributed by atoms with Crippen molar-refractivity contribution in [1.29, 1.82) is 0 Å². The van der Waals surface area contributed by atoms with Crippen LogP contribution in [-0.4, -0.2) is 70.0 Å². The molecule has 3 atom stereocenters. The van der Waals surface area contributed by atoms with Gasteiger partial charge in [-0.3, -0.25) is 4.79 Å². The van der Waals surface area contributed by atoms with Gasteiger partial charge in [-0.05, 0) is 54.5 Å². The Kier molecular flexibility index (Phi) is 7.01. The number of aromatic nitrogens is 3. The molecule has 2 saturated heterocycles. The Hall–Kier alpha value is -3.82. The molecule has 4 aliphatic rings. The molecular weight excluding hydrogens is 595 g/mol. The summed E-state index contributed by atoms with van der Waals surface area (Å²) in [5, 5.41) is 12.5. The maximum Gasteiger partial charge on any atom is 0.410 e. The zero-order valence-electron chi connectivity index (χ0n) is 23.3. The quantitative estimate of drug-likeness (QED) is 0.334. The van der Waals surface area contributed by atoms with E-state index in [9.17, 15) is 31.5 Å². The fourth-order valence-corrected chi connectivity index (χ4v) is 6.37. The third-order valence-corrected chi connectivity index (χ3v) is 9.03. The van der Waals surface area contributed by atoms with Crippen LogP contribution in [-0.2, 0) is 4.74 Å². The summed E-state index contributed by atoms with van der Waals surface area (Å²) in [6.45, 7) is -0.00736. The minimum Gasteiger partial charge on any atom is -0.438 e. The van der Waals surface area contributed by atoms with E-state index in [1.54, 1.807) is 18.2 Å². The molecule has 2 aliphatic heterocycles. The number of carbonyl (C=O) groups excluding carboxylic acids is 2. The maximum atomic E-state index is 14.0. The fraction of sp³-hybridized carbons (Fsp3) is 0.607. The van der Waals surface area contributed by atoms with Gasteiger partial charge in [-0.2, -0.15) is 13.2 Å². The number of nitrogens with zero attached hydrogens (tertiary/aromatic N) is 4. The standard InChI is InChI=1S/C28H29F5N6O5/c29-27(30)7-5-14(6-8-27)21(36-24(40)22-20(13-1-2-13)37-44-38-22)25-34-17-9-15(3-4-18(17)43-25)23(16-11-42-12-16)39-10-19(28(31,32)33)35-26(39)41/h3-4,9,13-14,16,19,21,23H,1-2,5-8,10-12H2,(H,35,41)(H,36,40)/t19-,21-,23-/m0/s1. The van der Waals surface area contributed by atoms with Gasteiger partial charge in [-0.25, -0.2) is 23.2 Å². The van der Waals surface area contributed by atoms with Crippen molar-refractivity contribution in [2.24, 2.45) is 11.8 Å². The van der Waals surface area contributed by atoms with Crippen LogP contribution in [0.25, 0.3) is 11.1 Å². The molecule has 0 spiro atoms. The number of ether oxygens (including phenoxy) is 1. The molecule has 4 fully saturated rings. The van der Waals surface area contributed by atoms with E-state index in [1.807, 2.05) is 5.32 Å². The number of urea groups is 1. The van der Waals surface area contributed by atoms with Gasteiger partial charge in [0.1, 0.15) is 23.3 Å². The highest BCUT2D eigenvalue weighted by Gasteiger charge is 2.50. The summed E-state index contributed by atoms with van der Waals surface area (Å²) < 4.78 is 84.5. The summed E-state index contributed by atoms with van der Waals surface area (Å²) in [7, 11) is 0. The van der Waals surface area contributed by atoms with Gasteiger partial charge in [0.25, 0.3) is 5.91 Å². The molecule has 0 bridgehead atoms. The van der Waals surface area contributed by atoms with E-state index >= 15 is 0 Å². The smallest absolute Gasteiger partial charge is 0.410 e. The van der Waals surface area contributed by atoms with Crippen molar-refractivity contribution >= 4 is 23.0 Å². The van der Waals surface area contributed by atoms with Gasteiger partial charge in [-0.15, -0.1) is 0 Å². The summed E-state index contributed by atoms with van der Waals surface area (Å²) >= 11 is 0. The van der Waals surface area contributed by atoms with Crippen LogP contribution in [0.1, 0.15) is 84.2 Å². The van der Waals surface area contributed by atoms with Crippen LogP contribution in [0, 0.1) is 11.8 Å². The second-order valence-electron chi connectivity index (χ2n) is 12.1. The molecule has 3 aromatic rings. The van der Waals surface area contributed by atoms with E-state index in [2.05, 4.69) is 20.6 Å². The average Bonchev–Trinajstić information content (AvgIpc) is 3.33. The van der Waals surface area contributed by atoms with Crippen molar-refractivity contribution in [3.63, 3.8) is 0 Å². The largest absolute Gasteiger partial charge is 0.438 e. The predicted octanol–water partition coefficient (Wildman–Crippen LogP) is 5.03. The zero-order chi connectivity index (χ0) is 30.8. The second-order valence-corrected chi connectivity index (χ2v) is 12.1. The number of hydrogen-bond acceptors (Lipinski definition) is 8. The van der Waals surface area contributed by atoms with Gasteiger partial charge in [0.2, 0.25) is 11.8 Å². The summed E-state index contributed by atoms with van der Waals surface area (Å²) in [6, 6.07) is 0.502. The molecular formula is C28H29F5N6O5. The number of fused-ring (bicyclic) bond motifs is 1. The molecule has 2 saturated carbocycles. The molecule has 236 valence electrons. The van der Waals surface area contributed by atoms with Crippen LogP contribution in [0.4, 0.5) is 26.7 Å². The fourth-order valence-electron chi connectivity index (χ4n) is 6.37. The van der Waals surface area contributed by atoms with Crippen molar-refractivity contribution < 1.29 is 45.3 Å². The lowest BCUT2D eigenvalue weighted by Gasteiger charge is -2.39. The lowest BCUT2D eigenvalue weighted by molar-refractivity contribution is -0.151. The Morgan fingerprint density at radius 2 is 1.84 bits per heavy atom. The molecule has 0 radical (unpaired) electrons. The van der Waals surface area contributed by atoms with Gasteiger partial charge >= 0.3 is 12.2 Å². The van der Waals surface area contributed by atoms with Crippen LogP contribution in [0.2, 0.25) is 0 Å². The van der Waals surface area contributed by atoms with Crippen molar-refractivity contribution in [1.82, 2.24) is 30.8 Å². The van der Waals surface area contributed by atoms with Crippen LogP contribution in [0.15, 0.2) is 27.2 Å². The summed E-state index contributed by atoms with van der Waals surface area (Å²) in [4.78, 5) is 31.8. The van der Waals surface area contributed by atoms with Crippen molar-refractivity contribution in [2.45, 2.75) is 74.7 Å².